The molecule has 0 aromatic heterocycles. The molecule has 0 aliphatic rings. The molecule has 0 saturated carbocycles. The maximum atomic E-state index is 11.0. The lowest BCUT2D eigenvalue weighted by molar-refractivity contribution is -0.139. The van der Waals surface area contributed by atoms with Crippen LogP contribution >= 0.6 is 0 Å². The number of carboxylic acid groups (broad SMARTS) is 2. The van der Waals surface area contributed by atoms with Crippen molar-refractivity contribution >= 4 is 17.9 Å². The van der Waals surface area contributed by atoms with Crippen molar-refractivity contribution in [2.75, 3.05) is 0 Å². The van der Waals surface area contributed by atoms with E-state index >= 15 is 0 Å². The maximum absolute atomic E-state index is 11.0. The van der Waals surface area contributed by atoms with Gasteiger partial charge in [0.2, 0.25) is 0 Å². The van der Waals surface area contributed by atoms with E-state index in [4.69, 9.17) is 10.2 Å². The predicted molar refractivity (Wildman–Crippen MR) is 60.4 cm³/mol. The number of aromatic carboxylic acids is 2. The average Bonchev–Trinajstić information content (AvgIpc) is 2.34. The Morgan fingerprint density at radius 1 is 1.22 bits per heavy atom. The second-order valence-corrected chi connectivity index (χ2v) is 3.26. The van der Waals surface area contributed by atoms with Crippen LogP contribution < -0.4 is 0 Å². The van der Waals surface area contributed by atoms with Crippen molar-refractivity contribution in [1.82, 2.24) is 0 Å². The van der Waals surface area contributed by atoms with Crippen LogP contribution in [0.5, 0.6) is 0 Å². The van der Waals surface area contributed by atoms with Gasteiger partial charge in [0.25, 0.3) is 0 Å². The van der Waals surface area contributed by atoms with Crippen LogP contribution in [0, 0.1) is 0 Å². The van der Waals surface area contributed by atoms with Gasteiger partial charge in [-0.15, -0.1) is 0 Å². The van der Waals surface area contributed by atoms with Gasteiger partial charge >= 0.3 is 17.9 Å². The van der Waals surface area contributed by atoms with Gasteiger partial charge in [0.05, 0.1) is 11.1 Å². The van der Waals surface area contributed by atoms with E-state index in [-0.39, 0.29) is 23.3 Å². The van der Waals surface area contributed by atoms with Crippen molar-refractivity contribution in [3.8, 4) is 0 Å². The van der Waals surface area contributed by atoms with Crippen molar-refractivity contribution in [1.29, 1.82) is 0 Å². The molecule has 6 nitrogen and oxygen atoms in total. The average molecular weight is 250 g/mol. The summed E-state index contributed by atoms with van der Waals surface area (Å²) in [5.41, 5.74) is -0.630. The van der Waals surface area contributed by atoms with Gasteiger partial charge in [-0.2, -0.15) is 0 Å². The number of carboxylic acids is 2. The Bertz CT molecular complexity index is 517. The highest BCUT2D eigenvalue weighted by Crippen LogP contribution is 2.16. The fourth-order valence-electron chi connectivity index (χ4n) is 1.36. The molecule has 0 atom stereocenters. The van der Waals surface area contributed by atoms with Gasteiger partial charge in [0.15, 0.2) is 0 Å². The number of benzene rings is 1. The Kier molecular flexibility index (Phi) is 4.20. The van der Waals surface area contributed by atoms with E-state index in [0.29, 0.717) is 0 Å². The largest absolute Gasteiger partial charge is 0.478 e. The lowest BCUT2D eigenvalue weighted by atomic mass is 10.0. The summed E-state index contributed by atoms with van der Waals surface area (Å²) < 4.78 is 4.69. The Labute approximate surface area is 102 Å². The molecule has 1 aromatic rings. The van der Waals surface area contributed by atoms with E-state index < -0.39 is 17.9 Å². The van der Waals surface area contributed by atoms with E-state index in [2.05, 4.69) is 11.3 Å². The summed E-state index contributed by atoms with van der Waals surface area (Å²) in [5, 5.41) is 17.9. The molecule has 0 fully saturated rings. The van der Waals surface area contributed by atoms with Crippen LogP contribution in [0.4, 0.5) is 0 Å². The van der Waals surface area contributed by atoms with Crippen molar-refractivity contribution in [3.05, 3.63) is 47.5 Å². The smallest absolute Gasteiger partial charge is 0.336 e. The molecule has 1 rings (SSSR count). The number of ether oxygens (including phenoxy) is 1. The molecule has 0 saturated heterocycles. The van der Waals surface area contributed by atoms with E-state index in [0.717, 1.165) is 6.08 Å². The van der Waals surface area contributed by atoms with Crippen LogP contribution in [-0.4, -0.2) is 28.1 Å². The number of hydrogen-bond donors (Lipinski definition) is 2. The number of rotatable bonds is 5. The van der Waals surface area contributed by atoms with Gasteiger partial charge in [0, 0.05) is 11.6 Å². The van der Waals surface area contributed by atoms with E-state index in [1.807, 2.05) is 0 Å². The normalized spacial score (nSPS) is 9.56. The lowest BCUT2D eigenvalue weighted by Gasteiger charge is -2.08. The second-order valence-electron chi connectivity index (χ2n) is 3.26. The molecular formula is C12H10O6. The SMILES string of the molecule is C=CC(=O)OCc1cccc(C(=O)O)c1C(=O)O. The zero-order chi connectivity index (χ0) is 13.7. The first kappa shape index (κ1) is 13.4. The molecule has 0 spiro atoms. The molecule has 1 aromatic carbocycles. The molecule has 0 amide bonds. The Morgan fingerprint density at radius 3 is 2.39 bits per heavy atom. The second kappa shape index (κ2) is 5.62. The van der Waals surface area contributed by atoms with Crippen molar-refractivity contribution < 1.29 is 29.3 Å². The molecule has 0 bridgehead atoms. The predicted octanol–water partition coefficient (Wildman–Crippen LogP) is 1.31. The summed E-state index contributed by atoms with van der Waals surface area (Å²) in [5.74, 6) is -3.46. The van der Waals surface area contributed by atoms with Crippen LogP contribution in [0.2, 0.25) is 0 Å². The van der Waals surface area contributed by atoms with Gasteiger partial charge < -0.3 is 14.9 Å². The Balaban J connectivity index is 3.14. The van der Waals surface area contributed by atoms with E-state index in [9.17, 15) is 14.4 Å². The summed E-state index contributed by atoms with van der Waals surface area (Å²) in [6, 6.07) is 3.93. The topological polar surface area (TPSA) is 101 Å². The van der Waals surface area contributed by atoms with Crippen LogP contribution in [-0.2, 0) is 16.1 Å². The van der Waals surface area contributed by atoms with Crippen molar-refractivity contribution in [2.24, 2.45) is 0 Å². The molecule has 0 radical (unpaired) electrons. The van der Waals surface area contributed by atoms with Crippen molar-refractivity contribution in [2.45, 2.75) is 6.61 Å². The maximum Gasteiger partial charge on any atom is 0.336 e. The number of hydrogen-bond acceptors (Lipinski definition) is 4. The summed E-state index contributed by atoms with van der Waals surface area (Å²) in [4.78, 5) is 32.8. The third-order valence-corrected chi connectivity index (χ3v) is 2.13. The number of esters is 1. The quantitative estimate of drug-likeness (QED) is 0.603. The molecule has 2 N–H and O–H groups in total. The summed E-state index contributed by atoms with van der Waals surface area (Å²) in [6.45, 7) is 2.87. The molecule has 18 heavy (non-hydrogen) atoms. The monoisotopic (exact) mass is 250 g/mol. The zero-order valence-corrected chi connectivity index (χ0v) is 9.25. The highest BCUT2D eigenvalue weighted by atomic mass is 16.5. The highest BCUT2D eigenvalue weighted by molar-refractivity contribution is 6.02. The minimum absolute atomic E-state index is 0.109. The van der Waals surface area contributed by atoms with Gasteiger partial charge in [-0.05, 0) is 6.07 Å². The summed E-state index contributed by atoms with van der Waals surface area (Å²) in [6.07, 6.45) is 0.932. The fourth-order valence-corrected chi connectivity index (χ4v) is 1.36. The van der Waals surface area contributed by atoms with E-state index in [1.165, 1.54) is 18.2 Å². The fraction of sp³-hybridized carbons (Fsp3) is 0.0833. The van der Waals surface area contributed by atoms with Gasteiger partial charge in [-0.3, -0.25) is 0 Å². The Hall–Kier alpha value is -2.63. The zero-order valence-electron chi connectivity index (χ0n) is 9.25. The minimum atomic E-state index is -1.39. The molecule has 6 heteroatoms. The van der Waals surface area contributed by atoms with Gasteiger partial charge in [-0.25, -0.2) is 14.4 Å². The van der Waals surface area contributed by atoms with Gasteiger partial charge in [-0.1, -0.05) is 18.7 Å². The summed E-state index contributed by atoms with van der Waals surface area (Å²) >= 11 is 0. The molecule has 0 aliphatic heterocycles. The highest BCUT2D eigenvalue weighted by Gasteiger charge is 2.20. The molecule has 0 aliphatic carbocycles. The third-order valence-electron chi connectivity index (χ3n) is 2.13. The number of carbonyl (C=O) groups excluding carboxylic acids is 1. The van der Waals surface area contributed by atoms with Crippen LogP contribution in [0.25, 0.3) is 0 Å². The third kappa shape index (κ3) is 2.94. The van der Waals surface area contributed by atoms with Gasteiger partial charge in [0.1, 0.15) is 6.61 Å². The molecule has 0 heterocycles. The van der Waals surface area contributed by atoms with Crippen LogP contribution in [0.3, 0.4) is 0 Å². The Morgan fingerprint density at radius 2 is 1.89 bits per heavy atom. The standard InChI is InChI=1S/C12H10O6/c1-2-9(13)18-6-7-4-3-5-8(11(14)15)10(7)12(16)17/h2-5H,1,6H2,(H,14,15)(H,16,17). The molecule has 0 unspecified atom stereocenters. The molecular weight excluding hydrogens is 240 g/mol. The number of carbonyl (C=O) groups is 3. The van der Waals surface area contributed by atoms with E-state index in [1.54, 1.807) is 0 Å². The van der Waals surface area contributed by atoms with Crippen LogP contribution in [0.1, 0.15) is 26.3 Å². The lowest BCUT2D eigenvalue weighted by Crippen LogP contribution is -2.13. The first-order valence-corrected chi connectivity index (χ1v) is 4.85. The first-order chi connectivity index (χ1) is 8.47. The minimum Gasteiger partial charge on any atom is -0.478 e. The summed E-state index contributed by atoms with van der Waals surface area (Å²) in [7, 11) is 0. The van der Waals surface area contributed by atoms with Crippen LogP contribution in [0.15, 0.2) is 30.9 Å². The first-order valence-electron chi connectivity index (χ1n) is 4.85. The van der Waals surface area contributed by atoms with Crippen molar-refractivity contribution in [3.63, 3.8) is 0 Å². The molecule has 94 valence electrons.